The van der Waals surface area contributed by atoms with E-state index in [4.69, 9.17) is 9.47 Å². The highest BCUT2D eigenvalue weighted by Crippen LogP contribution is 2.20. The molecule has 1 aromatic carbocycles. The van der Waals surface area contributed by atoms with Crippen molar-refractivity contribution in [3.63, 3.8) is 0 Å². The van der Waals surface area contributed by atoms with Crippen LogP contribution in [0.15, 0.2) is 29.3 Å². The molecule has 248 valence electrons. The Morgan fingerprint density at radius 3 is 1.98 bits per heavy atom. The van der Waals surface area contributed by atoms with E-state index in [2.05, 4.69) is 16.6 Å². The van der Waals surface area contributed by atoms with Gasteiger partial charge in [-0.3, -0.25) is 19.1 Å². The molecule has 0 aliphatic carbocycles. The number of rotatable bonds is 19. The summed E-state index contributed by atoms with van der Waals surface area (Å²) in [4.78, 5) is 54.3. The molecule has 0 saturated carbocycles. The lowest BCUT2D eigenvalue weighted by Crippen LogP contribution is -2.26. The summed E-state index contributed by atoms with van der Waals surface area (Å²) >= 11 is 0. The number of benzene rings is 1. The minimum atomic E-state index is -3.67. The molecule has 0 unspecified atom stereocenters. The first-order chi connectivity index (χ1) is 20.4. The maximum atomic E-state index is 12.9. The van der Waals surface area contributed by atoms with E-state index in [0.29, 0.717) is 37.8 Å². The Kier molecular flexibility index (Phi) is 16.5. The van der Waals surface area contributed by atoms with E-state index in [9.17, 15) is 27.6 Å². The molecule has 1 aromatic rings. The van der Waals surface area contributed by atoms with Gasteiger partial charge in [0.25, 0.3) is 0 Å². The van der Waals surface area contributed by atoms with Gasteiger partial charge in [-0.05, 0) is 79.4 Å². The summed E-state index contributed by atoms with van der Waals surface area (Å²) in [6.45, 7) is 12.5. The number of sulfonamides is 1. The van der Waals surface area contributed by atoms with Gasteiger partial charge < -0.3 is 9.47 Å². The van der Waals surface area contributed by atoms with Crippen LogP contribution in [0.2, 0.25) is 0 Å². The Bertz CT molecular complexity index is 1240. The minimum absolute atomic E-state index is 0.0214. The van der Waals surface area contributed by atoms with Crippen LogP contribution in [0.1, 0.15) is 136 Å². The summed E-state index contributed by atoms with van der Waals surface area (Å²) < 4.78 is 38.3. The van der Waals surface area contributed by atoms with Crippen LogP contribution in [0.4, 0.5) is 10.5 Å². The molecule has 10 nitrogen and oxygen atoms in total. The number of esters is 1. The highest BCUT2D eigenvalue weighted by atomic mass is 32.2. The van der Waals surface area contributed by atoms with Crippen LogP contribution >= 0.6 is 0 Å². The van der Waals surface area contributed by atoms with Crippen molar-refractivity contribution in [1.82, 2.24) is 0 Å². The van der Waals surface area contributed by atoms with Crippen LogP contribution in [-0.2, 0) is 29.1 Å². The fourth-order valence-corrected chi connectivity index (χ4v) is 5.46. The number of amides is 1. The molecule has 0 aliphatic rings. The van der Waals surface area contributed by atoms with E-state index in [0.717, 1.165) is 32.1 Å². The number of para-hydroxylation sites is 1. The predicted molar refractivity (Wildman–Crippen MR) is 174 cm³/mol. The van der Waals surface area contributed by atoms with Crippen molar-refractivity contribution in [2.24, 2.45) is 4.99 Å². The van der Waals surface area contributed by atoms with Crippen LogP contribution in [0.25, 0.3) is 0 Å². The minimum Gasteiger partial charge on any atom is -0.460 e. The van der Waals surface area contributed by atoms with Crippen LogP contribution < -0.4 is 4.72 Å². The number of aliphatic imine (C=N–C) groups is 1. The molecule has 0 spiro atoms. The zero-order chi connectivity index (χ0) is 33.4. The lowest BCUT2D eigenvalue weighted by molar-refractivity contribution is -0.153. The van der Waals surface area contributed by atoms with Crippen molar-refractivity contribution < 1.29 is 37.1 Å². The summed E-state index contributed by atoms with van der Waals surface area (Å²) in [5, 5.41) is 0. The predicted octanol–water partition coefficient (Wildman–Crippen LogP) is 7.60. The highest BCUT2D eigenvalue weighted by Gasteiger charge is 2.23. The first-order valence-corrected chi connectivity index (χ1v) is 17.3. The average Bonchev–Trinajstić information content (AvgIpc) is 2.87. The van der Waals surface area contributed by atoms with Crippen LogP contribution in [-0.4, -0.2) is 54.7 Å². The lowest BCUT2D eigenvalue weighted by Gasteiger charge is -2.20. The Morgan fingerprint density at radius 2 is 1.34 bits per heavy atom. The van der Waals surface area contributed by atoms with E-state index >= 15 is 0 Å². The molecular formula is C33H52N2O8S. The van der Waals surface area contributed by atoms with Gasteiger partial charge in [0, 0.05) is 17.7 Å². The van der Waals surface area contributed by atoms with Gasteiger partial charge in [0.05, 0.1) is 17.9 Å². The Labute approximate surface area is 263 Å². The summed E-state index contributed by atoms with van der Waals surface area (Å²) in [6.07, 6.45) is 6.41. The second-order valence-corrected chi connectivity index (χ2v) is 14.8. The largest absolute Gasteiger partial charge is 0.460 e. The fraction of sp³-hybridized carbons (Fsp3) is 0.667. The number of Topliss-reactive ketones (excluding diaryl/α,β-unsaturated/α-hetero) is 2. The first kappa shape index (κ1) is 38.9. The molecule has 0 fully saturated rings. The van der Waals surface area contributed by atoms with Gasteiger partial charge in [0.15, 0.2) is 0 Å². The number of hydrogen-bond acceptors (Lipinski definition) is 8. The number of ketones is 2. The molecule has 0 heterocycles. The van der Waals surface area contributed by atoms with Crippen LogP contribution in [0.5, 0.6) is 0 Å². The number of nitrogens with zero attached hydrogens (tertiary/aromatic N) is 1. The standard InChI is InChI=1S/C33H52N2O8S/c1-8-9-10-11-12-18-23-44(40,41)35-27-21-17-16-20-26(27)30(38)28(36)22-15-13-14-19-25(24-29(37)42-32(2,3)4)34-31(39)43-33(5,6)7/h16-17,20-21,35H,8-15,18-19,22-24H2,1-7H3. The second-order valence-electron chi connectivity index (χ2n) is 13.0. The van der Waals surface area contributed by atoms with Gasteiger partial charge in [-0.25, -0.2) is 13.2 Å². The van der Waals surface area contributed by atoms with Gasteiger partial charge in [0.2, 0.25) is 21.6 Å². The van der Waals surface area contributed by atoms with Gasteiger partial charge in [-0.1, -0.05) is 57.6 Å². The molecule has 0 saturated heterocycles. The molecule has 0 radical (unpaired) electrons. The SMILES string of the molecule is CCCCCCCCS(=O)(=O)Nc1ccccc1C(=O)C(=O)CCCCCC(CC(=O)OC(C)(C)C)=NC(=O)OC(C)(C)C. The summed E-state index contributed by atoms with van der Waals surface area (Å²) in [6, 6.07) is 6.12. The number of hydrogen-bond donors (Lipinski definition) is 1. The third-order valence-corrected chi connectivity index (χ3v) is 7.59. The summed E-state index contributed by atoms with van der Waals surface area (Å²) in [5.74, 6) is -1.94. The average molecular weight is 637 g/mol. The van der Waals surface area contributed by atoms with Crippen molar-refractivity contribution in [2.45, 2.75) is 137 Å². The molecule has 1 rings (SSSR count). The number of unbranched alkanes of at least 4 members (excludes halogenated alkanes) is 7. The number of carbonyl (C=O) groups is 4. The third kappa shape index (κ3) is 17.9. The molecule has 44 heavy (non-hydrogen) atoms. The van der Waals surface area contributed by atoms with Crippen LogP contribution in [0, 0.1) is 0 Å². The molecule has 0 aromatic heterocycles. The quantitative estimate of drug-likeness (QED) is 0.0537. The summed E-state index contributed by atoms with van der Waals surface area (Å²) in [5.41, 5.74) is -0.988. The molecule has 1 amide bonds. The van der Waals surface area contributed by atoms with Crippen molar-refractivity contribution in [3.05, 3.63) is 29.8 Å². The van der Waals surface area contributed by atoms with E-state index in [1.165, 1.54) is 12.1 Å². The van der Waals surface area contributed by atoms with Crippen LogP contribution in [0.3, 0.4) is 0 Å². The van der Waals surface area contributed by atoms with Crippen molar-refractivity contribution >= 4 is 45.1 Å². The van der Waals surface area contributed by atoms with Crippen molar-refractivity contribution in [3.8, 4) is 0 Å². The molecule has 1 N–H and O–H groups in total. The summed E-state index contributed by atoms with van der Waals surface area (Å²) in [7, 11) is -3.67. The van der Waals surface area contributed by atoms with E-state index in [1.807, 2.05) is 0 Å². The van der Waals surface area contributed by atoms with Crippen molar-refractivity contribution in [2.75, 3.05) is 10.5 Å². The third-order valence-electron chi connectivity index (χ3n) is 6.24. The van der Waals surface area contributed by atoms with E-state index in [1.54, 1.807) is 53.7 Å². The zero-order valence-corrected chi connectivity index (χ0v) is 28.4. The monoisotopic (exact) mass is 636 g/mol. The zero-order valence-electron chi connectivity index (χ0n) is 27.6. The smallest absolute Gasteiger partial charge is 0.434 e. The second kappa shape index (κ2) is 18.7. The van der Waals surface area contributed by atoms with Gasteiger partial charge in [-0.15, -0.1) is 0 Å². The Hall–Kier alpha value is -3.08. The molecule has 0 atom stereocenters. The van der Waals surface area contributed by atoms with E-state index in [-0.39, 0.29) is 29.8 Å². The van der Waals surface area contributed by atoms with Crippen molar-refractivity contribution in [1.29, 1.82) is 0 Å². The first-order valence-electron chi connectivity index (χ1n) is 15.6. The van der Waals surface area contributed by atoms with Gasteiger partial charge >= 0.3 is 12.1 Å². The molecular weight excluding hydrogens is 584 g/mol. The molecule has 0 aliphatic heterocycles. The molecule has 0 bridgehead atoms. The van der Waals surface area contributed by atoms with Gasteiger partial charge in [-0.2, -0.15) is 4.99 Å². The Morgan fingerprint density at radius 1 is 0.773 bits per heavy atom. The lowest BCUT2D eigenvalue weighted by atomic mass is 10.0. The number of nitrogens with one attached hydrogen (secondary N) is 1. The maximum Gasteiger partial charge on any atom is 0.434 e. The van der Waals surface area contributed by atoms with Gasteiger partial charge in [0.1, 0.15) is 11.2 Å². The maximum absolute atomic E-state index is 12.9. The Balaban J connectivity index is 2.71. The number of ether oxygens (including phenoxy) is 2. The number of carbonyl (C=O) groups excluding carboxylic acids is 4. The highest BCUT2D eigenvalue weighted by molar-refractivity contribution is 7.92. The van der Waals surface area contributed by atoms with E-state index < -0.39 is 44.9 Å². The topological polar surface area (TPSA) is 145 Å². The fourth-order valence-electron chi connectivity index (χ4n) is 4.26. The molecule has 11 heteroatoms. The number of anilines is 1. The normalized spacial score (nSPS) is 12.5.